The van der Waals surface area contributed by atoms with E-state index in [9.17, 15) is 9.90 Å². The molecule has 31 heavy (non-hydrogen) atoms. The number of rotatable bonds is 4. The number of carbonyl (C=O) groups excluding carboxylic acids is 1. The Morgan fingerprint density at radius 1 is 1.16 bits per heavy atom. The highest BCUT2D eigenvalue weighted by atomic mass is 16.3. The molecule has 4 aliphatic rings. The van der Waals surface area contributed by atoms with Crippen LogP contribution in [0.2, 0.25) is 0 Å². The first-order chi connectivity index (χ1) is 14.4. The zero-order valence-corrected chi connectivity index (χ0v) is 21.1. The smallest absolute Gasteiger partial charge is 0.170 e. The van der Waals surface area contributed by atoms with Gasteiger partial charge in [-0.05, 0) is 119 Å². The Labute approximate surface area is 191 Å². The topological polar surface area (TPSA) is 37.3 Å². The summed E-state index contributed by atoms with van der Waals surface area (Å²) >= 11 is 0. The van der Waals surface area contributed by atoms with Crippen LogP contribution in [0.5, 0.6) is 0 Å². The number of carbonyl (C=O) groups is 1. The zero-order chi connectivity index (χ0) is 22.8. The van der Waals surface area contributed by atoms with Gasteiger partial charge in [0.25, 0.3) is 0 Å². The number of allylic oxidation sites excluding steroid dienone is 4. The minimum atomic E-state index is -0.796. The van der Waals surface area contributed by atoms with Crippen LogP contribution in [0.3, 0.4) is 0 Å². The third-order valence-electron chi connectivity index (χ3n) is 10.6. The van der Waals surface area contributed by atoms with Crippen LogP contribution in [0.25, 0.3) is 0 Å². The van der Waals surface area contributed by atoms with E-state index in [1.54, 1.807) is 0 Å². The Morgan fingerprint density at radius 2 is 1.87 bits per heavy atom. The van der Waals surface area contributed by atoms with Gasteiger partial charge in [0.1, 0.15) is 6.10 Å². The zero-order valence-electron chi connectivity index (χ0n) is 21.1. The Balaban J connectivity index is 1.58. The quantitative estimate of drug-likeness (QED) is 0.486. The van der Waals surface area contributed by atoms with Gasteiger partial charge in [0, 0.05) is 5.41 Å². The largest absolute Gasteiger partial charge is 0.385 e. The van der Waals surface area contributed by atoms with E-state index in [4.69, 9.17) is 0 Å². The first-order valence-electron chi connectivity index (χ1n) is 13.0. The van der Waals surface area contributed by atoms with E-state index in [0.29, 0.717) is 17.8 Å². The highest BCUT2D eigenvalue weighted by Crippen LogP contribution is 2.68. The van der Waals surface area contributed by atoms with Gasteiger partial charge in [-0.3, -0.25) is 4.79 Å². The predicted molar refractivity (Wildman–Crippen MR) is 129 cm³/mol. The van der Waals surface area contributed by atoms with Crippen molar-refractivity contribution < 1.29 is 9.90 Å². The molecule has 0 aliphatic heterocycles. The van der Waals surface area contributed by atoms with Gasteiger partial charge in [-0.25, -0.2) is 0 Å². The molecule has 0 spiro atoms. The van der Waals surface area contributed by atoms with Crippen molar-refractivity contribution in [2.24, 2.45) is 45.8 Å². The summed E-state index contributed by atoms with van der Waals surface area (Å²) in [6, 6.07) is 0. The molecule has 8 atom stereocenters. The van der Waals surface area contributed by atoms with Crippen molar-refractivity contribution >= 4 is 5.78 Å². The molecule has 4 rings (SSSR count). The summed E-state index contributed by atoms with van der Waals surface area (Å²) in [6.45, 7) is 16.0. The van der Waals surface area contributed by atoms with Crippen molar-refractivity contribution in [2.45, 2.75) is 106 Å². The number of ketones is 1. The van der Waals surface area contributed by atoms with E-state index in [0.717, 1.165) is 30.1 Å². The van der Waals surface area contributed by atoms with Gasteiger partial charge in [-0.1, -0.05) is 44.1 Å². The molecule has 0 aromatic carbocycles. The minimum Gasteiger partial charge on any atom is -0.385 e. The van der Waals surface area contributed by atoms with Crippen molar-refractivity contribution in [1.82, 2.24) is 0 Å². The van der Waals surface area contributed by atoms with Crippen molar-refractivity contribution in [1.29, 1.82) is 0 Å². The second-order valence-electron chi connectivity index (χ2n) is 12.9. The standard InChI is InChI=1S/C29H46O2/c1-18(2)9-8-10-19(3)21-12-13-22-20-11-14-25-27(4,5)26(31)24(30)17-29(25,7)23(20)15-16-28(21,22)6/h9,14,19-24,30H,8,10-13,15-17H2,1-7H3/t19-,20+,21-,22+,23+,24+,28-,29-/m1/s1. The Bertz CT molecular complexity index is 785. The maximum Gasteiger partial charge on any atom is 0.170 e. The monoisotopic (exact) mass is 426 g/mol. The Morgan fingerprint density at radius 3 is 2.55 bits per heavy atom. The molecular formula is C29H46O2. The molecule has 1 N–H and O–H groups in total. The average Bonchev–Trinajstić information content (AvgIpc) is 3.03. The van der Waals surface area contributed by atoms with Crippen LogP contribution in [0.1, 0.15) is 99.8 Å². The molecule has 4 aliphatic carbocycles. The molecular weight excluding hydrogens is 380 g/mol. The van der Waals surface area contributed by atoms with Gasteiger partial charge < -0.3 is 5.11 Å². The Hall–Kier alpha value is -0.890. The molecule has 174 valence electrons. The third-order valence-corrected chi connectivity index (χ3v) is 10.6. The lowest BCUT2D eigenvalue weighted by atomic mass is 9.44. The van der Waals surface area contributed by atoms with Crippen LogP contribution in [0, 0.1) is 45.8 Å². The SMILES string of the molecule is CC(C)=CCC[C@@H](C)[C@H]1CC[C@H]2[C@@H]3CC=C4C(C)(C)C(=O)[C@@H](O)C[C@]4(C)[C@H]3CC[C@]12C. The first-order valence-corrected chi connectivity index (χ1v) is 13.0. The second-order valence-corrected chi connectivity index (χ2v) is 12.9. The number of fused-ring (bicyclic) bond motifs is 5. The van der Waals surface area contributed by atoms with Gasteiger partial charge in [0.2, 0.25) is 0 Å². The molecule has 0 bridgehead atoms. The molecule has 3 saturated carbocycles. The van der Waals surface area contributed by atoms with E-state index in [-0.39, 0.29) is 11.2 Å². The number of hydrogen-bond acceptors (Lipinski definition) is 2. The van der Waals surface area contributed by atoms with Crippen LogP contribution in [-0.4, -0.2) is 17.0 Å². The second kappa shape index (κ2) is 7.86. The molecule has 0 amide bonds. The lowest BCUT2D eigenvalue weighted by Crippen LogP contribution is -2.57. The van der Waals surface area contributed by atoms with Crippen LogP contribution >= 0.6 is 0 Å². The van der Waals surface area contributed by atoms with Gasteiger partial charge in [0.05, 0.1) is 0 Å². The fourth-order valence-corrected chi connectivity index (χ4v) is 9.18. The molecule has 0 aromatic rings. The van der Waals surface area contributed by atoms with Crippen molar-refractivity contribution in [2.75, 3.05) is 0 Å². The van der Waals surface area contributed by atoms with Gasteiger partial charge in [0.15, 0.2) is 5.78 Å². The fraction of sp³-hybridized carbons (Fsp3) is 0.828. The highest BCUT2D eigenvalue weighted by molar-refractivity contribution is 5.92. The van der Waals surface area contributed by atoms with Crippen LogP contribution in [-0.2, 0) is 4.79 Å². The fourth-order valence-electron chi connectivity index (χ4n) is 9.18. The highest BCUT2D eigenvalue weighted by Gasteiger charge is 2.62. The maximum atomic E-state index is 12.8. The normalized spacial score (nSPS) is 44.6. The lowest BCUT2D eigenvalue weighted by molar-refractivity contribution is -0.145. The van der Waals surface area contributed by atoms with Gasteiger partial charge in [-0.15, -0.1) is 0 Å². The summed E-state index contributed by atoms with van der Waals surface area (Å²) in [6.07, 6.45) is 13.7. The summed E-state index contributed by atoms with van der Waals surface area (Å²) < 4.78 is 0. The minimum absolute atomic E-state index is 0.0196. The average molecular weight is 427 g/mol. The predicted octanol–water partition coefficient (Wildman–Crippen LogP) is 7.12. The summed E-state index contributed by atoms with van der Waals surface area (Å²) in [5.41, 5.74) is 2.71. The molecule has 0 aromatic heterocycles. The maximum absolute atomic E-state index is 12.8. The molecule has 0 saturated heterocycles. The summed E-state index contributed by atoms with van der Waals surface area (Å²) in [5, 5.41) is 10.7. The lowest BCUT2D eigenvalue weighted by Gasteiger charge is -2.60. The molecule has 0 heterocycles. The molecule has 2 nitrogen and oxygen atoms in total. The number of hydrogen-bond donors (Lipinski definition) is 1. The van der Waals surface area contributed by atoms with Crippen LogP contribution in [0.4, 0.5) is 0 Å². The molecule has 0 unspecified atom stereocenters. The van der Waals surface area contributed by atoms with Crippen molar-refractivity contribution in [3.63, 3.8) is 0 Å². The van der Waals surface area contributed by atoms with E-state index >= 15 is 0 Å². The Kier molecular flexibility index (Phi) is 5.90. The van der Waals surface area contributed by atoms with Crippen LogP contribution < -0.4 is 0 Å². The van der Waals surface area contributed by atoms with E-state index in [1.165, 1.54) is 49.7 Å². The van der Waals surface area contributed by atoms with Gasteiger partial charge in [-0.2, -0.15) is 0 Å². The number of aliphatic hydroxyl groups is 1. The number of aliphatic hydroxyl groups excluding tert-OH is 1. The molecule has 3 fully saturated rings. The van der Waals surface area contributed by atoms with E-state index in [2.05, 4.69) is 60.6 Å². The van der Waals surface area contributed by atoms with Gasteiger partial charge >= 0.3 is 0 Å². The molecule has 0 radical (unpaired) electrons. The summed E-state index contributed by atoms with van der Waals surface area (Å²) in [5.74, 6) is 3.81. The summed E-state index contributed by atoms with van der Waals surface area (Å²) in [7, 11) is 0. The van der Waals surface area contributed by atoms with Crippen LogP contribution in [0.15, 0.2) is 23.3 Å². The van der Waals surface area contributed by atoms with E-state index < -0.39 is 11.5 Å². The first kappa shape index (κ1) is 23.3. The number of Topliss-reactive ketones (excluding diaryl/α,β-unsaturated/α-hetero) is 1. The third kappa shape index (κ3) is 3.51. The van der Waals surface area contributed by atoms with E-state index in [1.807, 2.05) is 0 Å². The van der Waals surface area contributed by atoms with Crippen molar-refractivity contribution in [3.05, 3.63) is 23.3 Å². The van der Waals surface area contributed by atoms with Crippen molar-refractivity contribution in [3.8, 4) is 0 Å². The summed E-state index contributed by atoms with van der Waals surface area (Å²) in [4.78, 5) is 12.8. The molecule has 2 heteroatoms.